The molecule has 0 radical (unpaired) electrons. The Balaban J connectivity index is 1.29. The predicted octanol–water partition coefficient (Wildman–Crippen LogP) is 4.16. The molecular weight excluding hydrogens is 559 g/mol. The first-order chi connectivity index (χ1) is 21.5. The molecule has 6 heterocycles. The fourth-order valence-corrected chi connectivity index (χ4v) is 7.84. The van der Waals surface area contributed by atoms with Crippen molar-refractivity contribution in [1.82, 2.24) is 29.7 Å². The van der Waals surface area contributed by atoms with Gasteiger partial charge in [-0.1, -0.05) is 12.6 Å². The average molecular weight is 597 g/mol. The number of ether oxygens (including phenoxy) is 1. The number of aryl methyl sites for hydroxylation is 1. The van der Waals surface area contributed by atoms with Crippen molar-refractivity contribution >= 4 is 22.6 Å². The summed E-state index contributed by atoms with van der Waals surface area (Å²) in [4.78, 5) is 41.2. The summed E-state index contributed by atoms with van der Waals surface area (Å²) in [7, 11) is 0. The number of rotatable bonds is 7. The molecule has 228 valence electrons. The van der Waals surface area contributed by atoms with E-state index in [1.807, 2.05) is 11.0 Å². The minimum atomic E-state index is -0.473. The van der Waals surface area contributed by atoms with Crippen molar-refractivity contribution in [3.8, 4) is 6.01 Å². The van der Waals surface area contributed by atoms with Gasteiger partial charge in [0.05, 0.1) is 22.3 Å². The van der Waals surface area contributed by atoms with Gasteiger partial charge in [0.15, 0.2) is 5.82 Å². The van der Waals surface area contributed by atoms with E-state index >= 15 is 4.39 Å². The summed E-state index contributed by atoms with van der Waals surface area (Å²) < 4.78 is 23.0. The highest BCUT2D eigenvalue weighted by molar-refractivity contribution is 5.91. The Morgan fingerprint density at radius 1 is 1.16 bits per heavy atom. The van der Waals surface area contributed by atoms with Crippen molar-refractivity contribution in [1.29, 1.82) is 0 Å². The van der Waals surface area contributed by atoms with Crippen molar-refractivity contribution in [3.05, 3.63) is 71.4 Å². The van der Waals surface area contributed by atoms with Crippen LogP contribution in [0.5, 0.6) is 6.01 Å². The number of pyridine rings is 2. The van der Waals surface area contributed by atoms with Crippen molar-refractivity contribution in [2.75, 3.05) is 50.8 Å². The van der Waals surface area contributed by atoms with E-state index < -0.39 is 5.82 Å². The molecule has 4 aliphatic rings. The lowest BCUT2D eigenvalue weighted by Gasteiger charge is -2.39. The molecule has 3 fully saturated rings. The maximum absolute atomic E-state index is 16.7. The summed E-state index contributed by atoms with van der Waals surface area (Å²) in [6.45, 7) is 15.1. The van der Waals surface area contributed by atoms with E-state index in [0.717, 1.165) is 69.3 Å². The molecule has 1 aliphatic carbocycles. The van der Waals surface area contributed by atoms with Gasteiger partial charge in [0, 0.05) is 37.9 Å². The Morgan fingerprint density at radius 2 is 2.00 bits per heavy atom. The van der Waals surface area contributed by atoms with E-state index in [9.17, 15) is 4.79 Å². The van der Waals surface area contributed by atoms with Gasteiger partial charge in [-0.15, -0.1) is 0 Å². The molecule has 1 amide bonds. The molecule has 1 unspecified atom stereocenters. The summed E-state index contributed by atoms with van der Waals surface area (Å²) in [5.74, 6) is -0.421. The molecule has 0 saturated carbocycles. The number of hydrogen-bond acceptors (Lipinski definition) is 8. The minimum Gasteiger partial charge on any atom is -0.461 e. The zero-order chi connectivity index (χ0) is 30.3. The van der Waals surface area contributed by atoms with Crippen molar-refractivity contribution in [3.63, 3.8) is 0 Å². The first-order valence-electron chi connectivity index (χ1n) is 15.7. The lowest BCUT2D eigenvalue weighted by Crippen LogP contribution is -2.56. The highest BCUT2D eigenvalue weighted by atomic mass is 19.1. The monoisotopic (exact) mass is 596 g/mol. The van der Waals surface area contributed by atoms with Crippen LogP contribution in [0.3, 0.4) is 0 Å². The van der Waals surface area contributed by atoms with Gasteiger partial charge < -0.3 is 19.4 Å². The second kappa shape index (κ2) is 11.7. The molecule has 0 bridgehead atoms. The molecule has 10 nitrogen and oxygen atoms in total. The number of nitrogens with zero attached hydrogens (tertiary/aromatic N) is 8. The second-order valence-corrected chi connectivity index (χ2v) is 12.4. The number of fused-ring (bicyclic) bond motifs is 3. The van der Waals surface area contributed by atoms with Crippen molar-refractivity contribution < 1.29 is 13.9 Å². The highest BCUT2D eigenvalue weighted by Gasteiger charge is 2.45. The third-order valence-electron chi connectivity index (χ3n) is 10.0. The Kier molecular flexibility index (Phi) is 7.62. The first-order valence-corrected chi connectivity index (χ1v) is 15.7. The van der Waals surface area contributed by atoms with Crippen molar-refractivity contribution in [2.24, 2.45) is 0 Å². The number of aromatic nitrogens is 4. The number of anilines is 1. The van der Waals surface area contributed by atoms with Crippen LogP contribution in [0.4, 0.5) is 10.2 Å². The summed E-state index contributed by atoms with van der Waals surface area (Å²) in [6, 6.07) is 3.77. The van der Waals surface area contributed by atoms with Gasteiger partial charge in [0.2, 0.25) is 12.5 Å². The van der Waals surface area contributed by atoms with Crippen LogP contribution >= 0.6 is 0 Å². The second-order valence-electron chi connectivity index (χ2n) is 12.4. The van der Waals surface area contributed by atoms with Crippen LogP contribution in [0.1, 0.15) is 61.4 Å². The van der Waals surface area contributed by atoms with E-state index in [-0.39, 0.29) is 41.5 Å². The van der Waals surface area contributed by atoms with Gasteiger partial charge in [0.25, 0.3) is 0 Å². The molecule has 3 aliphatic heterocycles. The molecule has 0 spiro atoms. The third-order valence-corrected chi connectivity index (χ3v) is 10.0. The average Bonchev–Trinajstić information content (AvgIpc) is 3.64. The standard InChI is InChI=1S/C33H37FN8O2/c1-3-26(43)42-17-16-40(20-23(42)18-35-2)31-25-19-37-29(24-10-4-8-22-9-5-13-36-28(22)24)27(34)30(25)38-32(39-31)44-21-33-11-6-14-41(33)15-7-12-33/h3,5,9,13,19,23-24H,1,4,6-8,10-12,14-18,20-21H2/t23-,24?/m0/s1. The number of carbonyl (C=O) groups excluding carboxylic acids is 1. The largest absolute Gasteiger partial charge is 0.461 e. The van der Waals surface area contributed by atoms with E-state index in [2.05, 4.69) is 37.3 Å². The van der Waals surface area contributed by atoms with E-state index in [0.29, 0.717) is 43.1 Å². The summed E-state index contributed by atoms with van der Waals surface area (Å²) in [5.41, 5.74) is 2.51. The first kappa shape index (κ1) is 28.6. The van der Waals surface area contributed by atoms with Gasteiger partial charge in [-0.05, 0) is 75.7 Å². The van der Waals surface area contributed by atoms with Crippen LogP contribution in [0.15, 0.2) is 37.2 Å². The van der Waals surface area contributed by atoms with Crippen LogP contribution in [-0.4, -0.2) is 93.1 Å². The fourth-order valence-electron chi connectivity index (χ4n) is 7.84. The molecule has 11 heteroatoms. The van der Waals surface area contributed by atoms with Crippen LogP contribution < -0.4 is 9.64 Å². The Morgan fingerprint density at radius 3 is 2.80 bits per heavy atom. The topological polar surface area (TPSA) is 91.9 Å². The summed E-state index contributed by atoms with van der Waals surface area (Å²) >= 11 is 0. The molecule has 7 rings (SSSR count). The maximum Gasteiger partial charge on any atom is 0.319 e. The van der Waals surface area contributed by atoms with Crippen LogP contribution in [0.2, 0.25) is 0 Å². The number of piperazine rings is 1. The number of carbonyl (C=O) groups is 1. The molecule has 44 heavy (non-hydrogen) atoms. The van der Waals surface area contributed by atoms with Crippen LogP contribution in [0, 0.1) is 12.4 Å². The zero-order valence-corrected chi connectivity index (χ0v) is 24.9. The zero-order valence-electron chi connectivity index (χ0n) is 24.9. The lowest BCUT2D eigenvalue weighted by atomic mass is 9.84. The third kappa shape index (κ3) is 4.95. The number of hydrogen-bond donors (Lipinski definition) is 0. The highest BCUT2D eigenvalue weighted by Crippen LogP contribution is 2.41. The predicted molar refractivity (Wildman–Crippen MR) is 164 cm³/mol. The molecule has 0 N–H and O–H groups in total. The molecule has 3 aromatic rings. The van der Waals surface area contributed by atoms with Gasteiger partial charge in [-0.25, -0.2) is 11.0 Å². The van der Waals surface area contributed by atoms with Gasteiger partial charge in [-0.3, -0.25) is 19.7 Å². The Hall–Kier alpha value is -4.17. The van der Waals surface area contributed by atoms with Crippen molar-refractivity contribution in [2.45, 2.75) is 62.4 Å². The number of halogens is 1. The van der Waals surface area contributed by atoms with Crippen LogP contribution in [0.25, 0.3) is 15.7 Å². The molecule has 3 saturated heterocycles. The normalized spacial score (nSPS) is 22.8. The quantitative estimate of drug-likeness (QED) is 0.297. The van der Waals surface area contributed by atoms with Gasteiger partial charge in [-0.2, -0.15) is 9.97 Å². The molecule has 3 aromatic heterocycles. The minimum absolute atomic E-state index is 0.0185. The smallest absolute Gasteiger partial charge is 0.319 e. The van der Waals surface area contributed by atoms with E-state index in [1.54, 1.807) is 17.3 Å². The number of amides is 1. The van der Waals surface area contributed by atoms with Crippen LogP contribution in [-0.2, 0) is 11.2 Å². The fraction of sp³-hybridized carbons (Fsp3) is 0.515. The summed E-state index contributed by atoms with van der Waals surface area (Å²) in [6.07, 6.45) is 11.8. The van der Waals surface area contributed by atoms with E-state index in [1.165, 1.54) is 6.08 Å². The lowest BCUT2D eigenvalue weighted by molar-refractivity contribution is -0.128. The molecule has 0 aromatic carbocycles. The molecule has 2 atom stereocenters. The maximum atomic E-state index is 16.7. The van der Waals surface area contributed by atoms with E-state index in [4.69, 9.17) is 16.3 Å². The SMILES string of the molecule is [C-]#[N+]C[C@H]1CN(c2nc(OCC34CCCN3CCC4)nc3c(F)c(C4CCCc5cccnc54)ncc23)CCN1C(=O)C=C. The Labute approximate surface area is 256 Å². The van der Waals surface area contributed by atoms with Gasteiger partial charge in [0.1, 0.15) is 24.0 Å². The molecular formula is C33H37FN8O2. The Bertz CT molecular complexity index is 1630. The summed E-state index contributed by atoms with van der Waals surface area (Å²) in [5, 5.41) is 0.488. The van der Waals surface area contributed by atoms with Gasteiger partial charge >= 0.3 is 6.01 Å².